The molecule has 1 amide bonds. The Labute approximate surface area is 127 Å². The normalized spacial score (nSPS) is 14.0. The predicted octanol–water partition coefficient (Wildman–Crippen LogP) is 3.80. The first-order valence-electron chi connectivity index (χ1n) is 6.66. The van der Waals surface area contributed by atoms with Crippen molar-refractivity contribution >= 4 is 12.2 Å². The van der Waals surface area contributed by atoms with E-state index in [2.05, 4.69) is 11.5 Å². The molecule has 2 aliphatic rings. The zero-order chi connectivity index (χ0) is 15.2. The lowest BCUT2D eigenvalue weighted by Gasteiger charge is -2.05. The third-order valence-electron chi connectivity index (χ3n) is 2.35. The average Bonchev–Trinajstić information content (AvgIpc) is 2.79. The maximum atomic E-state index is 12.0. The molecule has 3 heteroatoms. The van der Waals surface area contributed by atoms with Crippen molar-refractivity contribution in [1.82, 2.24) is 0 Å². The van der Waals surface area contributed by atoms with E-state index in [9.17, 15) is 4.79 Å². The molecule has 0 aromatic heterocycles. The molecule has 0 atom stereocenters. The number of carbonyl (C=O) groups excluding carboxylic acids is 2. The van der Waals surface area contributed by atoms with Crippen LogP contribution < -0.4 is 5.73 Å². The number of nitrogens with two attached hydrogens (primary N) is 1. The molecule has 21 heavy (non-hydrogen) atoms. The summed E-state index contributed by atoms with van der Waals surface area (Å²) in [6, 6.07) is 0. The lowest BCUT2D eigenvalue weighted by molar-refractivity contribution is -0.111. The summed E-state index contributed by atoms with van der Waals surface area (Å²) in [5, 5.41) is 0. The van der Waals surface area contributed by atoms with E-state index in [-0.39, 0.29) is 19.6 Å². The molecule has 3 nitrogen and oxygen atoms in total. The van der Waals surface area contributed by atoms with Gasteiger partial charge in [0.2, 0.25) is 6.41 Å². The van der Waals surface area contributed by atoms with Crippen LogP contribution in [-0.2, 0) is 9.59 Å². The minimum Gasteiger partial charge on any atom is -0.372 e. The molecular formula is C18H25NO2. The molecule has 0 heterocycles. The first-order chi connectivity index (χ1) is 9.79. The molecule has 0 saturated heterocycles. The Morgan fingerprint density at radius 2 is 1.86 bits per heavy atom. The summed E-state index contributed by atoms with van der Waals surface area (Å²) >= 11 is 0. The number of Topliss-reactive ketones (excluding diaryl/α,β-unsaturated/α-hetero) is 1. The summed E-state index contributed by atoms with van der Waals surface area (Å²) < 4.78 is 0. The van der Waals surface area contributed by atoms with E-state index in [1.165, 1.54) is 0 Å². The fourth-order valence-corrected chi connectivity index (χ4v) is 1.56. The van der Waals surface area contributed by atoms with Gasteiger partial charge in [0.25, 0.3) is 0 Å². The number of hydrogen-bond acceptors (Lipinski definition) is 2. The molecule has 114 valence electrons. The summed E-state index contributed by atoms with van der Waals surface area (Å²) in [5.74, 6) is 0.0931. The van der Waals surface area contributed by atoms with Crippen molar-refractivity contribution in [2.24, 2.45) is 5.73 Å². The molecule has 0 unspecified atom stereocenters. The van der Waals surface area contributed by atoms with Crippen LogP contribution >= 0.6 is 0 Å². The van der Waals surface area contributed by atoms with Gasteiger partial charge in [0.1, 0.15) is 0 Å². The first-order valence-corrected chi connectivity index (χ1v) is 6.66. The lowest BCUT2D eigenvalue weighted by Crippen LogP contribution is -2.04. The van der Waals surface area contributed by atoms with Crippen molar-refractivity contribution in [2.45, 2.75) is 34.1 Å². The van der Waals surface area contributed by atoms with E-state index in [1.54, 1.807) is 18.2 Å². The maximum absolute atomic E-state index is 12.0. The Hall–Kier alpha value is -2.38. The standard InChI is InChI=1S/C14H12O.C2H6.CH3NO.CH4/c15-14(13-10-6-3-7-11-13)12-8-4-1-2-5-9-12;1-2;2-1-3;/h1,4-6,8-11H,3,7H2;1-2H3;1H,(H2,2,3);1H4. The number of carbonyl (C=O) groups is 2. The maximum Gasteiger partial charge on any atom is 0.204 e. The first kappa shape index (κ1) is 20.9. The Morgan fingerprint density at radius 3 is 2.43 bits per heavy atom. The predicted molar refractivity (Wildman–Crippen MR) is 89.7 cm³/mol. The Bertz CT molecular complexity index is 499. The SMILES string of the molecule is C.CC.NC=O.O=C(C1=CC=C=CC=C1)C1=CCCC=C1. The quantitative estimate of drug-likeness (QED) is 0.620. The molecule has 0 saturated carbocycles. The fraction of sp³-hybridized carbons (Fsp3) is 0.278. The van der Waals surface area contributed by atoms with Gasteiger partial charge in [-0.3, -0.25) is 9.59 Å². The van der Waals surface area contributed by atoms with Gasteiger partial charge in [-0.15, -0.1) is 5.73 Å². The van der Waals surface area contributed by atoms with Gasteiger partial charge in [-0.2, -0.15) is 0 Å². The van der Waals surface area contributed by atoms with Crippen molar-refractivity contribution in [3.8, 4) is 0 Å². The fourth-order valence-electron chi connectivity index (χ4n) is 1.56. The molecule has 0 aromatic rings. The summed E-state index contributed by atoms with van der Waals surface area (Å²) in [4.78, 5) is 20.6. The van der Waals surface area contributed by atoms with Crippen LogP contribution in [-0.4, -0.2) is 12.2 Å². The van der Waals surface area contributed by atoms with Gasteiger partial charge in [-0.1, -0.05) is 51.7 Å². The lowest BCUT2D eigenvalue weighted by atomic mass is 9.98. The Morgan fingerprint density at radius 1 is 1.19 bits per heavy atom. The highest BCUT2D eigenvalue weighted by Gasteiger charge is 2.11. The minimum absolute atomic E-state index is 0. The third kappa shape index (κ3) is 8.40. The van der Waals surface area contributed by atoms with Gasteiger partial charge in [0, 0.05) is 11.1 Å². The second-order valence-corrected chi connectivity index (χ2v) is 3.59. The zero-order valence-electron chi connectivity index (χ0n) is 12.0. The van der Waals surface area contributed by atoms with Crippen molar-refractivity contribution in [2.75, 3.05) is 0 Å². The summed E-state index contributed by atoms with van der Waals surface area (Å²) in [6.45, 7) is 4.00. The van der Waals surface area contributed by atoms with Crippen LogP contribution in [0, 0.1) is 0 Å². The van der Waals surface area contributed by atoms with Crippen LogP contribution in [0.25, 0.3) is 0 Å². The number of rotatable bonds is 2. The minimum atomic E-state index is 0. The van der Waals surface area contributed by atoms with Gasteiger partial charge in [-0.25, -0.2) is 0 Å². The molecule has 0 fully saturated rings. The second kappa shape index (κ2) is 14.0. The van der Waals surface area contributed by atoms with Crippen molar-refractivity contribution in [3.63, 3.8) is 0 Å². The van der Waals surface area contributed by atoms with E-state index in [0.29, 0.717) is 5.57 Å². The zero-order valence-corrected chi connectivity index (χ0v) is 12.0. The van der Waals surface area contributed by atoms with Crippen LogP contribution in [0.5, 0.6) is 0 Å². The second-order valence-electron chi connectivity index (χ2n) is 3.59. The summed E-state index contributed by atoms with van der Waals surface area (Å²) in [5.41, 5.74) is 8.61. The molecule has 0 aliphatic heterocycles. The summed E-state index contributed by atoms with van der Waals surface area (Å²) in [6.07, 6.45) is 17.2. The van der Waals surface area contributed by atoms with Gasteiger partial charge in [0.05, 0.1) is 0 Å². The van der Waals surface area contributed by atoms with Crippen molar-refractivity contribution < 1.29 is 9.59 Å². The highest BCUT2D eigenvalue weighted by Crippen LogP contribution is 2.16. The van der Waals surface area contributed by atoms with E-state index in [4.69, 9.17) is 4.79 Å². The number of amides is 1. The molecule has 0 spiro atoms. The van der Waals surface area contributed by atoms with Crippen molar-refractivity contribution in [3.05, 3.63) is 65.5 Å². The Kier molecular flexibility index (Phi) is 14.0. The van der Waals surface area contributed by atoms with Crippen LogP contribution in [0.15, 0.2) is 65.5 Å². The molecule has 2 rings (SSSR count). The highest BCUT2D eigenvalue weighted by atomic mass is 16.1. The number of primary amides is 1. The molecule has 0 bridgehead atoms. The number of hydrogen-bond donors (Lipinski definition) is 1. The molecule has 0 aromatic carbocycles. The highest BCUT2D eigenvalue weighted by molar-refractivity contribution is 6.12. The largest absolute Gasteiger partial charge is 0.372 e. The van der Waals surface area contributed by atoms with Gasteiger partial charge in [-0.05, 0) is 31.1 Å². The van der Waals surface area contributed by atoms with E-state index >= 15 is 0 Å². The van der Waals surface area contributed by atoms with Crippen LogP contribution in [0.4, 0.5) is 0 Å². The van der Waals surface area contributed by atoms with E-state index in [1.807, 2.05) is 44.2 Å². The monoisotopic (exact) mass is 287 g/mol. The van der Waals surface area contributed by atoms with E-state index in [0.717, 1.165) is 18.4 Å². The number of allylic oxidation sites excluding steroid dienone is 9. The van der Waals surface area contributed by atoms with Gasteiger partial charge >= 0.3 is 0 Å². The van der Waals surface area contributed by atoms with Crippen LogP contribution in [0.1, 0.15) is 34.1 Å². The van der Waals surface area contributed by atoms with Gasteiger partial charge in [0.15, 0.2) is 5.78 Å². The molecule has 2 N–H and O–H groups in total. The smallest absolute Gasteiger partial charge is 0.204 e. The van der Waals surface area contributed by atoms with Crippen LogP contribution in [0.3, 0.4) is 0 Å². The topological polar surface area (TPSA) is 60.2 Å². The average molecular weight is 287 g/mol. The van der Waals surface area contributed by atoms with Crippen LogP contribution in [0.2, 0.25) is 0 Å². The third-order valence-corrected chi connectivity index (χ3v) is 2.35. The molecule has 2 aliphatic carbocycles. The molecule has 0 radical (unpaired) electrons. The van der Waals surface area contributed by atoms with Crippen molar-refractivity contribution in [1.29, 1.82) is 0 Å². The summed E-state index contributed by atoms with van der Waals surface area (Å²) in [7, 11) is 0. The van der Waals surface area contributed by atoms with Gasteiger partial charge < -0.3 is 5.73 Å². The number of ketones is 1. The molecular weight excluding hydrogens is 262 g/mol. The van der Waals surface area contributed by atoms with E-state index < -0.39 is 0 Å². The Balaban J connectivity index is 0.